The molecule has 5 nitrogen and oxygen atoms in total. The Labute approximate surface area is 196 Å². The molecule has 1 unspecified atom stereocenters. The third-order valence-corrected chi connectivity index (χ3v) is 6.14. The molecule has 1 amide bonds. The van der Waals surface area contributed by atoms with Crippen LogP contribution in [0.5, 0.6) is 5.75 Å². The first-order valence-electron chi connectivity index (χ1n) is 11.6. The minimum atomic E-state index is -0.286. The number of benzene rings is 3. The van der Waals surface area contributed by atoms with Crippen molar-refractivity contribution >= 4 is 5.91 Å². The molecule has 0 radical (unpaired) electrons. The van der Waals surface area contributed by atoms with Gasteiger partial charge in [-0.1, -0.05) is 72.8 Å². The molecule has 4 rings (SSSR count). The predicted octanol–water partition coefficient (Wildman–Crippen LogP) is 4.75. The zero-order valence-electron chi connectivity index (χ0n) is 19.2. The second kappa shape index (κ2) is 11.6. The summed E-state index contributed by atoms with van der Waals surface area (Å²) in [5.41, 5.74) is 3.22. The topological polar surface area (TPSA) is 50.8 Å². The van der Waals surface area contributed by atoms with Crippen LogP contribution in [0.2, 0.25) is 0 Å². The highest BCUT2D eigenvalue weighted by molar-refractivity contribution is 5.77. The van der Waals surface area contributed by atoms with E-state index in [1.54, 1.807) is 7.11 Å². The Morgan fingerprint density at radius 2 is 1.48 bits per heavy atom. The van der Waals surface area contributed by atoms with Gasteiger partial charge in [0.15, 0.2) is 0 Å². The van der Waals surface area contributed by atoms with Crippen LogP contribution in [0.15, 0.2) is 84.9 Å². The van der Waals surface area contributed by atoms with Gasteiger partial charge < -0.3 is 14.8 Å². The zero-order chi connectivity index (χ0) is 22.9. The van der Waals surface area contributed by atoms with E-state index >= 15 is 0 Å². The van der Waals surface area contributed by atoms with Gasteiger partial charge in [-0.05, 0) is 54.8 Å². The smallest absolute Gasteiger partial charge is 0.246 e. The fourth-order valence-corrected chi connectivity index (χ4v) is 4.42. The monoisotopic (exact) mass is 444 g/mol. The fraction of sp³-hybridized carbons (Fsp3) is 0.321. The summed E-state index contributed by atoms with van der Waals surface area (Å²) in [5, 5.41) is 3.11. The number of ether oxygens (including phenoxy) is 2. The van der Waals surface area contributed by atoms with Crippen molar-refractivity contribution in [3.63, 3.8) is 0 Å². The molecule has 5 heteroatoms. The lowest BCUT2D eigenvalue weighted by Gasteiger charge is -2.28. The molecule has 3 aromatic carbocycles. The van der Waals surface area contributed by atoms with E-state index < -0.39 is 0 Å². The molecule has 1 heterocycles. The van der Waals surface area contributed by atoms with Crippen LogP contribution in [-0.2, 0) is 9.53 Å². The van der Waals surface area contributed by atoms with Crippen LogP contribution in [0.25, 0.3) is 0 Å². The van der Waals surface area contributed by atoms with Gasteiger partial charge in [-0.25, -0.2) is 0 Å². The van der Waals surface area contributed by atoms with E-state index in [-0.39, 0.29) is 24.7 Å². The summed E-state index contributed by atoms with van der Waals surface area (Å²) in [5.74, 6) is 0.721. The summed E-state index contributed by atoms with van der Waals surface area (Å²) in [7, 11) is 1.68. The van der Waals surface area contributed by atoms with E-state index in [1.165, 1.54) is 12.8 Å². The zero-order valence-corrected chi connectivity index (χ0v) is 19.2. The number of carbonyl (C=O) groups is 1. The molecule has 1 atom stereocenters. The largest absolute Gasteiger partial charge is 0.497 e. The molecule has 0 bridgehead atoms. The van der Waals surface area contributed by atoms with Gasteiger partial charge in [0.25, 0.3) is 0 Å². The fourth-order valence-electron chi connectivity index (χ4n) is 4.42. The molecule has 0 spiro atoms. The third-order valence-electron chi connectivity index (χ3n) is 6.14. The van der Waals surface area contributed by atoms with E-state index in [9.17, 15) is 4.79 Å². The molecule has 0 aromatic heterocycles. The lowest BCUT2D eigenvalue weighted by molar-refractivity contribution is -0.127. The quantitative estimate of drug-likeness (QED) is 0.490. The Hall–Kier alpha value is -3.15. The molecule has 1 fully saturated rings. The maximum Gasteiger partial charge on any atom is 0.246 e. The molecule has 1 N–H and O–H groups in total. The summed E-state index contributed by atoms with van der Waals surface area (Å²) < 4.78 is 11.5. The predicted molar refractivity (Wildman–Crippen MR) is 130 cm³/mol. The lowest BCUT2D eigenvalue weighted by atomic mass is 10.0. The molecule has 3 aromatic rings. The van der Waals surface area contributed by atoms with Crippen LogP contribution >= 0.6 is 0 Å². The average Bonchev–Trinajstić information content (AvgIpc) is 3.40. The van der Waals surface area contributed by atoms with Crippen molar-refractivity contribution in [2.45, 2.75) is 25.0 Å². The van der Waals surface area contributed by atoms with Crippen LogP contribution in [0.1, 0.15) is 41.7 Å². The number of amides is 1. The molecular weight excluding hydrogens is 412 g/mol. The molecular formula is C28H32N2O3. The molecule has 0 aliphatic carbocycles. The maximum absolute atomic E-state index is 12.8. The molecule has 0 saturated carbocycles. The van der Waals surface area contributed by atoms with E-state index in [0.29, 0.717) is 6.54 Å². The normalized spacial score (nSPS) is 14.8. The van der Waals surface area contributed by atoms with E-state index in [4.69, 9.17) is 9.47 Å². The van der Waals surface area contributed by atoms with Crippen LogP contribution in [0, 0.1) is 0 Å². The number of likely N-dealkylation sites (tertiary alicyclic amines) is 1. The minimum Gasteiger partial charge on any atom is -0.497 e. The number of hydrogen-bond acceptors (Lipinski definition) is 4. The van der Waals surface area contributed by atoms with Crippen molar-refractivity contribution in [2.75, 3.05) is 33.4 Å². The number of rotatable bonds is 10. The first-order chi connectivity index (χ1) is 16.2. The summed E-state index contributed by atoms with van der Waals surface area (Å²) >= 11 is 0. The summed E-state index contributed by atoms with van der Waals surface area (Å²) in [6, 6.07) is 28.3. The first kappa shape index (κ1) is 23.0. The van der Waals surface area contributed by atoms with Gasteiger partial charge in [0, 0.05) is 6.54 Å². The SMILES string of the molecule is COc1cccc(C(CNC(=O)COC(c2ccccc2)c2ccccc2)N2CCCC2)c1. The molecule has 1 aliphatic heterocycles. The van der Waals surface area contributed by atoms with Crippen molar-refractivity contribution in [2.24, 2.45) is 0 Å². The number of carbonyl (C=O) groups excluding carboxylic acids is 1. The van der Waals surface area contributed by atoms with Crippen molar-refractivity contribution in [1.82, 2.24) is 10.2 Å². The number of nitrogens with one attached hydrogen (secondary N) is 1. The maximum atomic E-state index is 12.8. The Balaban J connectivity index is 1.41. The van der Waals surface area contributed by atoms with Gasteiger partial charge in [0.2, 0.25) is 5.91 Å². The Bertz CT molecular complexity index is 964. The summed E-state index contributed by atoms with van der Waals surface area (Å²) in [4.78, 5) is 15.2. The van der Waals surface area contributed by atoms with Gasteiger partial charge in [-0.2, -0.15) is 0 Å². The van der Waals surface area contributed by atoms with Crippen molar-refractivity contribution in [3.05, 3.63) is 102 Å². The summed E-state index contributed by atoms with van der Waals surface area (Å²) in [6.45, 7) is 2.62. The Morgan fingerprint density at radius 3 is 2.09 bits per heavy atom. The highest BCUT2D eigenvalue weighted by atomic mass is 16.5. The first-order valence-corrected chi connectivity index (χ1v) is 11.6. The van der Waals surface area contributed by atoms with E-state index in [0.717, 1.165) is 35.5 Å². The van der Waals surface area contributed by atoms with E-state index in [2.05, 4.69) is 22.3 Å². The number of nitrogens with zero attached hydrogens (tertiary/aromatic N) is 1. The molecule has 1 saturated heterocycles. The number of methoxy groups -OCH3 is 1. The van der Waals surface area contributed by atoms with Crippen molar-refractivity contribution in [1.29, 1.82) is 0 Å². The lowest BCUT2D eigenvalue weighted by Crippen LogP contribution is -2.38. The van der Waals surface area contributed by atoms with E-state index in [1.807, 2.05) is 72.8 Å². The van der Waals surface area contributed by atoms with Crippen LogP contribution in [-0.4, -0.2) is 44.2 Å². The molecule has 172 valence electrons. The highest BCUT2D eigenvalue weighted by Crippen LogP contribution is 2.28. The number of hydrogen-bond donors (Lipinski definition) is 1. The van der Waals surface area contributed by atoms with Crippen LogP contribution in [0.4, 0.5) is 0 Å². The second-order valence-electron chi connectivity index (χ2n) is 8.35. The van der Waals surface area contributed by atoms with Crippen LogP contribution in [0.3, 0.4) is 0 Å². The van der Waals surface area contributed by atoms with Gasteiger partial charge in [0.1, 0.15) is 18.5 Å². The van der Waals surface area contributed by atoms with Gasteiger partial charge in [0.05, 0.1) is 13.2 Å². The minimum absolute atomic E-state index is 0.000708. The van der Waals surface area contributed by atoms with Gasteiger partial charge >= 0.3 is 0 Å². The molecule has 1 aliphatic rings. The highest BCUT2D eigenvalue weighted by Gasteiger charge is 2.24. The average molecular weight is 445 g/mol. The Kier molecular flexibility index (Phi) is 8.12. The summed E-state index contributed by atoms with van der Waals surface area (Å²) in [6.07, 6.45) is 2.09. The van der Waals surface area contributed by atoms with Gasteiger partial charge in [-0.15, -0.1) is 0 Å². The standard InChI is InChI=1S/C28H32N2O3/c1-32-25-16-10-15-24(19-25)26(30-17-8-9-18-30)20-29-27(31)21-33-28(22-11-4-2-5-12-22)23-13-6-3-7-14-23/h2-7,10-16,19,26,28H,8-9,17-18,20-21H2,1H3,(H,29,31). The van der Waals surface area contributed by atoms with Crippen molar-refractivity contribution in [3.8, 4) is 5.75 Å². The van der Waals surface area contributed by atoms with Crippen molar-refractivity contribution < 1.29 is 14.3 Å². The van der Waals surface area contributed by atoms with Crippen LogP contribution < -0.4 is 10.1 Å². The molecule has 33 heavy (non-hydrogen) atoms. The third kappa shape index (κ3) is 6.21. The second-order valence-corrected chi connectivity index (χ2v) is 8.35. The Morgan fingerprint density at radius 1 is 0.879 bits per heavy atom. The van der Waals surface area contributed by atoms with Gasteiger partial charge in [-0.3, -0.25) is 9.69 Å².